The van der Waals surface area contributed by atoms with Crippen LogP contribution in [-0.2, 0) is 4.79 Å². The van der Waals surface area contributed by atoms with Gasteiger partial charge in [-0.1, -0.05) is 44.2 Å². The van der Waals surface area contributed by atoms with Gasteiger partial charge in [-0.15, -0.1) is 0 Å². The summed E-state index contributed by atoms with van der Waals surface area (Å²) in [6.07, 6.45) is 0.833. The van der Waals surface area contributed by atoms with Crippen molar-refractivity contribution >= 4 is 33.1 Å². The predicted octanol–water partition coefficient (Wildman–Crippen LogP) is 6.92. The molecule has 0 fully saturated rings. The fraction of sp³-hybridized carbons (Fsp3) is 0.222. The van der Waals surface area contributed by atoms with Crippen molar-refractivity contribution in [3.63, 3.8) is 0 Å². The number of Topliss-reactive ketones (excluding diaryl/α,β-unsaturated/α-hetero) is 1. The summed E-state index contributed by atoms with van der Waals surface area (Å²) in [7, 11) is 1.62. The van der Waals surface area contributed by atoms with Gasteiger partial charge in [0.25, 0.3) is 0 Å². The predicted molar refractivity (Wildman–Crippen MR) is 123 cm³/mol. The highest BCUT2D eigenvalue weighted by Crippen LogP contribution is 2.47. The van der Waals surface area contributed by atoms with Crippen LogP contribution in [0.1, 0.15) is 32.3 Å². The van der Waals surface area contributed by atoms with Gasteiger partial charge in [-0.05, 0) is 46.5 Å². The highest BCUT2D eigenvalue weighted by atomic mass is 16.5. The van der Waals surface area contributed by atoms with Gasteiger partial charge < -0.3 is 14.3 Å². The van der Waals surface area contributed by atoms with Crippen molar-refractivity contribution in [2.24, 2.45) is 5.41 Å². The molecule has 0 saturated heterocycles. The Morgan fingerprint density at radius 3 is 2.42 bits per heavy atom. The molecule has 4 heteroatoms. The summed E-state index contributed by atoms with van der Waals surface area (Å²) in [6, 6.07) is 19.5. The number of rotatable bonds is 3. The summed E-state index contributed by atoms with van der Waals surface area (Å²) in [5, 5.41) is 13.9. The van der Waals surface area contributed by atoms with E-state index >= 15 is 0 Å². The average Bonchev–Trinajstić information content (AvgIpc) is 3.12. The van der Waals surface area contributed by atoms with Gasteiger partial charge in [-0.3, -0.25) is 4.79 Å². The molecule has 3 aromatic carbocycles. The number of hydrogen-bond acceptors (Lipinski definition) is 4. The van der Waals surface area contributed by atoms with Crippen LogP contribution < -0.4 is 4.74 Å². The zero-order valence-electron chi connectivity index (χ0n) is 17.9. The van der Waals surface area contributed by atoms with Crippen molar-refractivity contribution in [3.05, 3.63) is 72.0 Å². The van der Waals surface area contributed by atoms with E-state index in [1.54, 1.807) is 7.11 Å². The van der Waals surface area contributed by atoms with Crippen LogP contribution in [0.2, 0.25) is 0 Å². The van der Waals surface area contributed by atoms with E-state index in [2.05, 4.69) is 0 Å². The van der Waals surface area contributed by atoms with E-state index in [1.807, 2.05) is 74.5 Å². The molecule has 1 aliphatic carbocycles. The molecule has 4 aromatic rings. The minimum atomic E-state index is -0.271. The number of aliphatic hydroxyl groups excluding tert-OH is 1. The maximum atomic E-state index is 13.3. The number of hydrogen-bond donors (Lipinski definition) is 1. The Morgan fingerprint density at radius 2 is 1.71 bits per heavy atom. The molecule has 4 nitrogen and oxygen atoms in total. The first-order valence-electron chi connectivity index (χ1n) is 10.4. The minimum Gasteiger partial charge on any atom is -0.512 e. The zero-order valence-corrected chi connectivity index (χ0v) is 17.9. The summed E-state index contributed by atoms with van der Waals surface area (Å²) in [4.78, 5) is 13.3. The summed E-state index contributed by atoms with van der Waals surface area (Å²) in [5.74, 6) is 1.40. The molecule has 1 N–H and O–H groups in total. The summed E-state index contributed by atoms with van der Waals surface area (Å²) in [5.41, 5.74) is 2.30. The number of methoxy groups -OCH3 is 1. The lowest BCUT2D eigenvalue weighted by Gasteiger charge is -2.29. The monoisotopic (exact) mass is 412 g/mol. The summed E-state index contributed by atoms with van der Waals surface area (Å²) < 4.78 is 11.6. The fourth-order valence-corrected chi connectivity index (χ4v) is 4.63. The Labute approximate surface area is 180 Å². The summed E-state index contributed by atoms with van der Waals surface area (Å²) >= 11 is 0. The third kappa shape index (κ3) is 3.19. The number of fused-ring (bicyclic) bond motifs is 3. The molecule has 0 aliphatic heterocycles. The molecule has 1 aliphatic rings. The maximum Gasteiger partial charge on any atom is 0.167 e. The molecule has 156 valence electrons. The number of furan rings is 1. The van der Waals surface area contributed by atoms with Gasteiger partial charge in [0, 0.05) is 29.4 Å². The standard InChI is InChI=1S/C27H24O4/c1-27(2)14-20(28)24(21(29)15-27)25-23-19-7-5-4-6-16(19)10-13-22(23)31-26(25)17-8-11-18(30-3)12-9-17/h4-13,28H,14-15H2,1-3H3. The largest absolute Gasteiger partial charge is 0.512 e. The fourth-order valence-electron chi connectivity index (χ4n) is 4.63. The number of ketones is 1. The highest BCUT2D eigenvalue weighted by Gasteiger charge is 2.36. The molecule has 1 heterocycles. The SMILES string of the molecule is COc1ccc(-c2oc3ccc4ccccc4c3c2C2=C(O)CC(C)(C)CC2=O)cc1. The minimum absolute atomic E-state index is 0.0563. The van der Waals surface area contributed by atoms with E-state index in [0.717, 1.165) is 27.5 Å². The van der Waals surface area contributed by atoms with E-state index in [-0.39, 0.29) is 17.0 Å². The molecule has 31 heavy (non-hydrogen) atoms. The molecule has 0 radical (unpaired) electrons. The maximum absolute atomic E-state index is 13.3. The highest BCUT2D eigenvalue weighted by molar-refractivity contribution is 6.29. The van der Waals surface area contributed by atoms with Crippen LogP contribution in [0.25, 0.3) is 38.6 Å². The Morgan fingerprint density at radius 1 is 0.968 bits per heavy atom. The number of benzene rings is 3. The molecule has 0 spiro atoms. The first kappa shape index (κ1) is 19.4. The van der Waals surface area contributed by atoms with Crippen molar-refractivity contribution in [1.82, 2.24) is 0 Å². The van der Waals surface area contributed by atoms with Crippen LogP contribution in [0.4, 0.5) is 0 Å². The van der Waals surface area contributed by atoms with Crippen molar-refractivity contribution in [2.45, 2.75) is 26.7 Å². The lowest BCUT2D eigenvalue weighted by atomic mass is 9.74. The number of ether oxygens (including phenoxy) is 1. The molecule has 0 amide bonds. The second kappa shape index (κ2) is 7.02. The van der Waals surface area contributed by atoms with Crippen LogP contribution in [0.5, 0.6) is 5.75 Å². The topological polar surface area (TPSA) is 59.7 Å². The Hall–Kier alpha value is -3.53. The van der Waals surface area contributed by atoms with Gasteiger partial charge in [0.1, 0.15) is 22.9 Å². The van der Waals surface area contributed by atoms with Gasteiger partial charge >= 0.3 is 0 Å². The molecular weight excluding hydrogens is 388 g/mol. The average molecular weight is 412 g/mol. The Kier molecular flexibility index (Phi) is 4.40. The van der Waals surface area contributed by atoms with Crippen molar-refractivity contribution < 1.29 is 19.1 Å². The first-order valence-corrected chi connectivity index (χ1v) is 10.4. The summed E-state index contributed by atoms with van der Waals surface area (Å²) in [6.45, 7) is 4.01. The number of allylic oxidation sites excluding steroid dienone is 2. The van der Waals surface area contributed by atoms with Crippen LogP contribution in [-0.4, -0.2) is 18.0 Å². The van der Waals surface area contributed by atoms with Crippen molar-refractivity contribution in [2.75, 3.05) is 7.11 Å². The van der Waals surface area contributed by atoms with E-state index in [9.17, 15) is 9.90 Å². The Bertz CT molecular complexity index is 1350. The normalized spacial score (nSPS) is 16.3. The van der Waals surface area contributed by atoms with E-state index < -0.39 is 0 Å². The van der Waals surface area contributed by atoms with E-state index in [1.165, 1.54) is 0 Å². The molecule has 1 aromatic heterocycles. The van der Waals surface area contributed by atoms with Gasteiger partial charge in [0.05, 0.1) is 12.7 Å². The number of carbonyl (C=O) groups is 1. The lowest BCUT2D eigenvalue weighted by molar-refractivity contribution is -0.116. The first-order chi connectivity index (χ1) is 14.9. The number of carbonyl (C=O) groups excluding carboxylic acids is 1. The van der Waals surface area contributed by atoms with Gasteiger partial charge in [0.15, 0.2) is 5.78 Å². The molecule has 5 rings (SSSR count). The van der Waals surface area contributed by atoms with Crippen molar-refractivity contribution in [3.8, 4) is 17.1 Å². The van der Waals surface area contributed by atoms with Gasteiger partial charge in [-0.2, -0.15) is 0 Å². The van der Waals surface area contributed by atoms with Crippen LogP contribution in [0.3, 0.4) is 0 Å². The molecule has 0 bridgehead atoms. The van der Waals surface area contributed by atoms with Crippen LogP contribution in [0, 0.1) is 5.41 Å². The van der Waals surface area contributed by atoms with Gasteiger partial charge in [0.2, 0.25) is 0 Å². The number of aliphatic hydroxyl groups is 1. The molecule has 0 saturated carbocycles. The third-order valence-corrected chi connectivity index (χ3v) is 6.03. The Balaban J connectivity index is 1.88. The van der Waals surface area contributed by atoms with Gasteiger partial charge in [-0.25, -0.2) is 0 Å². The smallest absolute Gasteiger partial charge is 0.167 e. The quantitative estimate of drug-likeness (QED) is 0.397. The van der Waals surface area contributed by atoms with Crippen LogP contribution in [0.15, 0.2) is 70.8 Å². The second-order valence-corrected chi connectivity index (χ2v) is 8.96. The lowest BCUT2D eigenvalue weighted by Crippen LogP contribution is -2.25. The second-order valence-electron chi connectivity index (χ2n) is 8.96. The van der Waals surface area contributed by atoms with E-state index in [4.69, 9.17) is 9.15 Å². The molecule has 0 atom stereocenters. The van der Waals surface area contributed by atoms with Crippen LogP contribution >= 0.6 is 0 Å². The van der Waals surface area contributed by atoms with E-state index in [0.29, 0.717) is 35.3 Å². The zero-order chi connectivity index (χ0) is 21.8. The molecular formula is C27H24O4. The molecule has 0 unspecified atom stereocenters. The van der Waals surface area contributed by atoms with Crippen molar-refractivity contribution in [1.29, 1.82) is 0 Å². The third-order valence-electron chi connectivity index (χ3n) is 6.03.